The molecule has 4 nitrogen and oxygen atoms in total. The average molecular weight is 298 g/mol. The molecule has 0 heterocycles. The molecule has 2 N–H and O–H groups in total. The van der Waals surface area contributed by atoms with Gasteiger partial charge in [0.2, 0.25) is 0 Å². The van der Waals surface area contributed by atoms with E-state index in [4.69, 9.17) is 4.74 Å². The number of aryl methyl sites for hydroxylation is 1. The van der Waals surface area contributed by atoms with Gasteiger partial charge in [0.1, 0.15) is 5.75 Å². The van der Waals surface area contributed by atoms with Crippen LogP contribution in [0, 0.1) is 6.92 Å². The molecule has 0 fully saturated rings. The highest BCUT2D eigenvalue weighted by atomic mass is 16.5. The topological polar surface area (TPSA) is 50.4 Å². The maximum atomic E-state index is 12.3. The number of ether oxygens (including phenoxy) is 1. The van der Waals surface area contributed by atoms with E-state index in [1.165, 1.54) is 0 Å². The van der Waals surface area contributed by atoms with Crippen molar-refractivity contribution in [2.24, 2.45) is 0 Å². The van der Waals surface area contributed by atoms with Gasteiger partial charge in [-0.15, -0.1) is 0 Å². The van der Waals surface area contributed by atoms with Crippen molar-refractivity contribution in [2.75, 3.05) is 19.0 Å². The first-order valence-corrected chi connectivity index (χ1v) is 7.39. The molecule has 0 aliphatic heterocycles. The number of hydrogen-bond acceptors (Lipinski definition) is 3. The van der Waals surface area contributed by atoms with E-state index in [9.17, 15) is 4.79 Å². The predicted molar refractivity (Wildman–Crippen MR) is 89.5 cm³/mol. The van der Waals surface area contributed by atoms with Gasteiger partial charge in [-0.2, -0.15) is 0 Å². The second-order valence-corrected chi connectivity index (χ2v) is 5.12. The summed E-state index contributed by atoms with van der Waals surface area (Å²) in [6, 6.07) is 13.3. The summed E-state index contributed by atoms with van der Waals surface area (Å²) in [4.78, 5) is 12.3. The number of rotatable bonds is 6. The van der Waals surface area contributed by atoms with Gasteiger partial charge in [-0.3, -0.25) is 4.79 Å². The zero-order valence-electron chi connectivity index (χ0n) is 13.3. The van der Waals surface area contributed by atoms with Gasteiger partial charge >= 0.3 is 0 Å². The van der Waals surface area contributed by atoms with Crippen molar-refractivity contribution in [2.45, 2.75) is 20.4 Å². The van der Waals surface area contributed by atoms with Gasteiger partial charge in [-0.1, -0.05) is 25.1 Å². The van der Waals surface area contributed by atoms with E-state index >= 15 is 0 Å². The number of carbonyl (C=O) groups excluding carboxylic acids is 1. The van der Waals surface area contributed by atoms with Gasteiger partial charge < -0.3 is 15.4 Å². The third-order valence-electron chi connectivity index (χ3n) is 3.43. The summed E-state index contributed by atoms with van der Waals surface area (Å²) in [6.07, 6.45) is 0. The highest BCUT2D eigenvalue weighted by Gasteiger charge is 2.09. The molecule has 0 bridgehead atoms. The highest BCUT2D eigenvalue weighted by molar-refractivity contribution is 6.04. The molecule has 2 rings (SSSR count). The van der Waals surface area contributed by atoms with Crippen molar-refractivity contribution in [3.05, 3.63) is 59.2 Å². The standard InChI is InChI=1S/C18H22N2O2/c1-4-19-12-14-6-5-7-16(10-14)20-18(21)15-9-8-13(2)17(11-15)22-3/h5-11,19H,4,12H2,1-3H3,(H,20,21). The molecule has 0 saturated carbocycles. The Morgan fingerprint density at radius 2 is 2.00 bits per heavy atom. The zero-order chi connectivity index (χ0) is 15.9. The average Bonchev–Trinajstić information content (AvgIpc) is 2.53. The fourth-order valence-electron chi connectivity index (χ4n) is 2.19. The summed E-state index contributed by atoms with van der Waals surface area (Å²) >= 11 is 0. The van der Waals surface area contributed by atoms with E-state index in [0.717, 1.165) is 29.9 Å². The molecule has 116 valence electrons. The van der Waals surface area contributed by atoms with Crippen LogP contribution in [0.15, 0.2) is 42.5 Å². The fourth-order valence-corrected chi connectivity index (χ4v) is 2.19. The summed E-state index contributed by atoms with van der Waals surface area (Å²) in [5.74, 6) is 0.576. The van der Waals surface area contributed by atoms with Crippen LogP contribution in [0.2, 0.25) is 0 Å². The van der Waals surface area contributed by atoms with Crippen LogP contribution in [-0.4, -0.2) is 19.6 Å². The van der Waals surface area contributed by atoms with Crippen molar-refractivity contribution in [3.8, 4) is 5.75 Å². The smallest absolute Gasteiger partial charge is 0.255 e. The van der Waals surface area contributed by atoms with Crippen LogP contribution in [0.25, 0.3) is 0 Å². The van der Waals surface area contributed by atoms with Gasteiger partial charge in [-0.25, -0.2) is 0 Å². The summed E-state index contributed by atoms with van der Waals surface area (Å²) in [5, 5.41) is 6.19. The maximum Gasteiger partial charge on any atom is 0.255 e. The van der Waals surface area contributed by atoms with Crippen molar-refractivity contribution in [1.29, 1.82) is 0 Å². The van der Waals surface area contributed by atoms with E-state index in [1.54, 1.807) is 19.2 Å². The molecule has 22 heavy (non-hydrogen) atoms. The fraction of sp³-hybridized carbons (Fsp3) is 0.278. The van der Waals surface area contributed by atoms with Gasteiger partial charge in [0.25, 0.3) is 5.91 Å². The number of hydrogen-bond donors (Lipinski definition) is 2. The van der Waals surface area contributed by atoms with E-state index in [0.29, 0.717) is 11.3 Å². The third kappa shape index (κ3) is 4.09. The van der Waals surface area contributed by atoms with Crippen molar-refractivity contribution < 1.29 is 9.53 Å². The van der Waals surface area contributed by atoms with Crippen molar-refractivity contribution in [3.63, 3.8) is 0 Å². The lowest BCUT2D eigenvalue weighted by Crippen LogP contribution is -2.14. The van der Waals surface area contributed by atoms with Gasteiger partial charge in [0, 0.05) is 17.8 Å². The Labute approximate surface area is 131 Å². The molecule has 2 aromatic carbocycles. The predicted octanol–water partition coefficient (Wildman–Crippen LogP) is 3.37. The Kier molecular flexibility index (Phi) is 5.55. The lowest BCUT2D eigenvalue weighted by molar-refractivity contribution is 0.102. The monoisotopic (exact) mass is 298 g/mol. The minimum atomic E-state index is -0.140. The third-order valence-corrected chi connectivity index (χ3v) is 3.43. The van der Waals surface area contributed by atoms with Crippen LogP contribution in [-0.2, 0) is 6.54 Å². The first kappa shape index (κ1) is 16.0. The van der Waals surface area contributed by atoms with Gasteiger partial charge in [0.15, 0.2) is 0 Å². The maximum absolute atomic E-state index is 12.3. The molecule has 0 radical (unpaired) electrons. The lowest BCUT2D eigenvalue weighted by Gasteiger charge is -2.10. The molecule has 0 unspecified atom stereocenters. The van der Waals surface area contributed by atoms with Crippen molar-refractivity contribution >= 4 is 11.6 Å². The second kappa shape index (κ2) is 7.61. The molecule has 0 aromatic heterocycles. The highest BCUT2D eigenvalue weighted by Crippen LogP contribution is 2.20. The Hall–Kier alpha value is -2.33. The van der Waals surface area contributed by atoms with E-state index in [1.807, 2.05) is 37.3 Å². The number of carbonyl (C=O) groups is 1. The molecule has 2 aromatic rings. The van der Waals surface area contributed by atoms with Crippen LogP contribution in [0.5, 0.6) is 5.75 Å². The molecule has 0 saturated heterocycles. The Morgan fingerprint density at radius 3 is 2.73 bits per heavy atom. The Bertz CT molecular complexity index is 653. The van der Waals surface area contributed by atoms with Gasteiger partial charge in [-0.05, 0) is 48.9 Å². The van der Waals surface area contributed by atoms with Crippen LogP contribution < -0.4 is 15.4 Å². The number of amides is 1. The summed E-state index contributed by atoms with van der Waals surface area (Å²) in [6.45, 7) is 5.72. The van der Waals surface area contributed by atoms with E-state index in [-0.39, 0.29) is 5.91 Å². The normalized spacial score (nSPS) is 10.3. The Morgan fingerprint density at radius 1 is 1.18 bits per heavy atom. The molecular weight excluding hydrogens is 276 g/mol. The lowest BCUT2D eigenvalue weighted by atomic mass is 10.1. The van der Waals surface area contributed by atoms with E-state index in [2.05, 4.69) is 17.6 Å². The molecule has 4 heteroatoms. The number of anilines is 1. The molecule has 0 aliphatic carbocycles. The molecule has 0 spiro atoms. The van der Waals surface area contributed by atoms with Crippen LogP contribution >= 0.6 is 0 Å². The second-order valence-electron chi connectivity index (χ2n) is 5.12. The molecule has 0 atom stereocenters. The van der Waals surface area contributed by atoms with Crippen molar-refractivity contribution in [1.82, 2.24) is 5.32 Å². The summed E-state index contributed by atoms with van der Waals surface area (Å²) < 4.78 is 5.26. The Balaban J connectivity index is 2.11. The number of nitrogens with one attached hydrogen (secondary N) is 2. The molecular formula is C18H22N2O2. The first-order valence-electron chi connectivity index (χ1n) is 7.39. The number of benzene rings is 2. The largest absolute Gasteiger partial charge is 0.496 e. The summed E-state index contributed by atoms with van der Waals surface area (Å²) in [5.41, 5.74) is 3.52. The first-order chi connectivity index (χ1) is 10.6. The zero-order valence-corrected chi connectivity index (χ0v) is 13.3. The minimum absolute atomic E-state index is 0.140. The minimum Gasteiger partial charge on any atom is -0.496 e. The molecule has 0 aliphatic rings. The van der Waals surface area contributed by atoms with Crippen LogP contribution in [0.3, 0.4) is 0 Å². The van der Waals surface area contributed by atoms with Crippen LogP contribution in [0.4, 0.5) is 5.69 Å². The molecule has 1 amide bonds. The van der Waals surface area contributed by atoms with E-state index < -0.39 is 0 Å². The quantitative estimate of drug-likeness (QED) is 0.859. The SMILES string of the molecule is CCNCc1cccc(NC(=O)c2ccc(C)c(OC)c2)c1. The van der Waals surface area contributed by atoms with Crippen LogP contribution in [0.1, 0.15) is 28.4 Å². The number of methoxy groups -OCH3 is 1. The summed E-state index contributed by atoms with van der Waals surface area (Å²) in [7, 11) is 1.61. The van der Waals surface area contributed by atoms with Gasteiger partial charge in [0.05, 0.1) is 7.11 Å².